The van der Waals surface area contributed by atoms with Crippen LogP contribution in [-0.4, -0.2) is 24.2 Å². The second-order valence-electron chi connectivity index (χ2n) is 4.99. The fraction of sp³-hybridized carbons (Fsp3) is 0.176. The molecule has 2 aromatic carbocycles. The number of benzene rings is 2. The number of hydrogen-bond acceptors (Lipinski definition) is 4. The molecular formula is C17H14O4S. The van der Waals surface area contributed by atoms with Gasteiger partial charge in [0.1, 0.15) is 0 Å². The third kappa shape index (κ3) is 2.37. The van der Waals surface area contributed by atoms with E-state index < -0.39 is 23.8 Å². The molecule has 1 aliphatic heterocycles. The van der Waals surface area contributed by atoms with Gasteiger partial charge in [0, 0.05) is 15.7 Å². The van der Waals surface area contributed by atoms with Crippen molar-refractivity contribution in [3.8, 4) is 0 Å². The molecule has 22 heavy (non-hydrogen) atoms. The number of hydrogen-bond donors (Lipinski definition) is 1. The Labute approximate surface area is 132 Å². The first-order chi connectivity index (χ1) is 10.6. The molecule has 1 heterocycles. The summed E-state index contributed by atoms with van der Waals surface area (Å²) >= 11 is 1.59. The number of fused-ring (bicyclic) bond motifs is 2. The maximum atomic E-state index is 12.1. The van der Waals surface area contributed by atoms with E-state index in [0.717, 1.165) is 20.9 Å². The average molecular weight is 314 g/mol. The second kappa shape index (κ2) is 5.85. The number of esters is 1. The van der Waals surface area contributed by atoms with Crippen molar-refractivity contribution in [1.29, 1.82) is 0 Å². The lowest BCUT2D eigenvalue weighted by Gasteiger charge is -2.30. The highest BCUT2D eigenvalue weighted by atomic mass is 32.2. The van der Waals surface area contributed by atoms with Crippen molar-refractivity contribution in [2.75, 3.05) is 7.11 Å². The third-order valence-electron chi connectivity index (χ3n) is 3.78. The fourth-order valence-electron chi connectivity index (χ4n) is 2.81. The summed E-state index contributed by atoms with van der Waals surface area (Å²) in [7, 11) is 1.22. The quantitative estimate of drug-likeness (QED) is 0.696. The highest BCUT2D eigenvalue weighted by molar-refractivity contribution is 7.99. The lowest BCUT2D eigenvalue weighted by molar-refractivity contribution is -0.157. The maximum Gasteiger partial charge on any atom is 0.321 e. The summed E-state index contributed by atoms with van der Waals surface area (Å²) in [5.74, 6) is -3.70. The van der Waals surface area contributed by atoms with E-state index in [1.807, 2.05) is 48.5 Å². The van der Waals surface area contributed by atoms with E-state index in [9.17, 15) is 14.7 Å². The van der Waals surface area contributed by atoms with E-state index in [-0.39, 0.29) is 0 Å². The van der Waals surface area contributed by atoms with E-state index in [2.05, 4.69) is 0 Å². The Balaban J connectivity index is 2.21. The van der Waals surface area contributed by atoms with Crippen LogP contribution in [0.3, 0.4) is 0 Å². The Morgan fingerprint density at radius 2 is 1.55 bits per heavy atom. The Morgan fingerprint density at radius 1 is 1.05 bits per heavy atom. The van der Waals surface area contributed by atoms with E-state index in [1.165, 1.54) is 7.11 Å². The first-order valence-electron chi connectivity index (χ1n) is 6.80. The zero-order valence-electron chi connectivity index (χ0n) is 11.9. The van der Waals surface area contributed by atoms with Gasteiger partial charge in [-0.05, 0) is 23.3 Å². The van der Waals surface area contributed by atoms with Crippen LogP contribution in [-0.2, 0) is 14.3 Å². The molecule has 0 saturated carbocycles. The summed E-state index contributed by atoms with van der Waals surface area (Å²) in [5.41, 5.74) is 1.70. The van der Waals surface area contributed by atoms with Gasteiger partial charge in [-0.1, -0.05) is 48.2 Å². The van der Waals surface area contributed by atoms with Crippen LogP contribution >= 0.6 is 11.8 Å². The first kappa shape index (κ1) is 14.7. The van der Waals surface area contributed by atoms with E-state index in [0.29, 0.717) is 0 Å². The number of carboxylic acid groups (broad SMARTS) is 1. The van der Waals surface area contributed by atoms with Gasteiger partial charge in [0.05, 0.1) is 7.11 Å². The van der Waals surface area contributed by atoms with Crippen LogP contribution in [0.15, 0.2) is 58.3 Å². The third-order valence-corrected chi connectivity index (χ3v) is 4.97. The zero-order valence-corrected chi connectivity index (χ0v) is 12.7. The van der Waals surface area contributed by atoms with Gasteiger partial charge < -0.3 is 9.84 Å². The molecule has 0 radical (unpaired) electrons. The van der Waals surface area contributed by atoms with E-state index >= 15 is 0 Å². The number of aliphatic carboxylic acids is 1. The molecule has 0 fully saturated rings. The summed E-state index contributed by atoms with van der Waals surface area (Å²) in [6, 6.07) is 15.2. The molecular weight excluding hydrogens is 300 g/mol. The van der Waals surface area contributed by atoms with Crippen molar-refractivity contribution in [3.05, 3.63) is 59.7 Å². The van der Waals surface area contributed by atoms with Crippen LogP contribution in [0, 0.1) is 5.92 Å². The minimum atomic E-state index is -1.26. The minimum Gasteiger partial charge on any atom is -0.481 e. The standard InChI is InChI=1S/C17H14O4S/c1-21-17(20)15(16(18)19)14-10-6-2-4-8-12(10)22-13-9-5-3-7-11(13)14/h2-9,14-15H,1H3,(H,18,19). The van der Waals surface area contributed by atoms with Crippen molar-refractivity contribution in [1.82, 2.24) is 0 Å². The lowest BCUT2D eigenvalue weighted by atomic mass is 9.80. The molecule has 0 saturated heterocycles. The number of carbonyl (C=O) groups is 2. The monoisotopic (exact) mass is 314 g/mol. The molecule has 1 atom stereocenters. The summed E-state index contributed by atoms with van der Waals surface area (Å²) in [4.78, 5) is 25.7. The van der Waals surface area contributed by atoms with Gasteiger partial charge in [-0.3, -0.25) is 9.59 Å². The van der Waals surface area contributed by atoms with Crippen LogP contribution in [0.1, 0.15) is 17.0 Å². The van der Waals surface area contributed by atoms with Crippen LogP contribution in [0.2, 0.25) is 0 Å². The molecule has 3 rings (SSSR count). The van der Waals surface area contributed by atoms with Crippen LogP contribution in [0.25, 0.3) is 0 Å². The molecule has 1 aliphatic rings. The van der Waals surface area contributed by atoms with Crippen molar-refractivity contribution >= 4 is 23.7 Å². The molecule has 0 aromatic heterocycles. The number of carbonyl (C=O) groups excluding carboxylic acids is 1. The molecule has 0 aliphatic carbocycles. The average Bonchev–Trinajstić information content (AvgIpc) is 2.54. The summed E-state index contributed by atoms with van der Waals surface area (Å²) < 4.78 is 4.73. The second-order valence-corrected chi connectivity index (χ2v) is 6.08. The van der Waals surface area contributed by atoms with Gasteiger partial charge in [-0.15, -0.1) is 0 Å². The van der Waals surface area contributed by atoms with E-state index in [4.69, 9.17) is 4.74 Å². The number of carboxylic acids is 1. The van der Waals surface area contributed by atoms with Crippen LogP contribution in [0.4, 0.5) is 0 Å². The van der Waals surface area contributed by atoms with Crippen LogP contribution in [0.5, 0.6) is 0 Å². The Kier molecular flexibility index (Phi) is 3.90. The first-order valence-corrected chi connectivity index (χ1v) is 7.61. The van der Waals surface area contributed by atoms with Crippen molar-refractivity contribution in [3.63, 3.8) is 0 Å². The molecule has 0 bridgehead atoms. The Morgan fingerprint density at radius 3 is 2.00 bits per heavy atom. The predicted molar refractivity (Wildman–Crippen MR) is 82.0 cm³/mol. The van der Waals surface area contributed by atoms with Gasteiger partial charge in [0.25, 0.3) is 0 Å². The van der Waals surface area contributed by atoms with Crippen molar-refractivity contribution in [2.45, 2.75) is 15.7 Å². The molecule has 112 valence electrons. The number of ether oxygens (including phenoxy) is 1. The van der Waals surface area contributed by atoms with Gasteiger partial charge >= 0.3 is 11.9 Å². The van der Waals surface area contributed by atoms with Gasteiger partial charge in [0.15, 0.2) is 5.92 Å². The summed E-state index contributed by atoms with van der Waals surface area (Å²) in [6.45, 7) is 0. The normalized spacial score (nSPS) is 14.6. The minimum absolute atomic E-state index is 0.543. The number of methoxy groups -OCH3 is 1. The largest absolute Gasteiger partial charge is 0.481 e. The zero-order chi connectivity index (χ0) is 15.7. The topological polar surface area (TPSA) is 63.6 Å². The molecule has 4 nitrogen and oxygen atoms in total. The highest BCUT2D eigenvalue weighted by Gasteiger charge is 2.41. The van der Waals surface area contributed by atoms with Gasteiger partial charge in [-0.2, -0.15) is 0 Å². The molecule has 1 unspecified atom stereocenters. The molecule has 0 amide bonds. The highest BCUT2D eigenvalue weighted by Crippen LogP contribution is 2.48. The lowest BCUT2D eigenvalue weighted by Crippen LogP contribution is -2.33. The van der Waals surface area contributed by atoms with Crippen molar-refractivity contribution < 1.29 is 19.4 Å². The van der Waals surface area contributed by atoms with E-state index in [1.54, 1.807) is 11.8 Å². The van der Waals surface area contributed by atoms with Crippen molar-refractivity contribution in [2.24, 2.45) is 5.92 Å². The SMILES string of the molecule is COC(=O)C(C(=O)O)C1c2ccccc2Sc2ccccc21. The Hall–Kier alpha value is -2.27. The smallest absolute Gasteiger partial charge is 0.321 e. The predicted octanol–water partition coefficient (Wildman–Crippen LogP) is 3.16. The van der Waals surface area contributed by atoms with Gasteiger partial charge in [-0.25, -0.2) is 0 Å². The number of rotatable bonds is 3. The molecule has 2 aromatic rings. The Bertz CT molecular complexity index is 695. The van der Waals surface area contributed by atoms with Crippen LogP contribution < -0.4 is 0 Å². The summed E-state index contributed by atoms with van der Waals surface area (Å²) in [6.07, 6.45) is 0. The molecule has 5 heteroatoms. The maximum absolute atomic E-state index is 12.1. The summed E-state index contributed by atoms with van der Waals surface area (Å²) in [5, 5.41) is 9.57. The molecule has 1 N–H and O–H groups in total. The van der Waals surface area contributed by atoms with Gasteiger partial charge in [0.2, 0.25) is 0 Å². The molecule has 0 spiro atoms. The fourth-order valence-corrected chi connectivity index (χ4v) is 3.97.